The van der Waals surface area contributed by atoms with E-state index >= 15 is 0 Å². The molecule has 20 heavy (non-hydrogen) atoms. The van der Waals surface area contributed by atoms with Crippen molar-refractivity contribution < 1.29 is 19.3 Å². The molecule has 0 aliphatic rings. The summed E-state index contributed by atoms with van der Waals surface area (Å²) in [5.74, 6) is 0. The van der Waals surface area contributed by atoms with Crippen LogP contribution in [0.2, 0.25) is 8.87 Å². The third kappa shape index (κ3) is 23.1. The Balaban J connectivity index is 0. The van der Waals surface area contributed by atoms with Crippen LogP contribution < -0.4 is 0 Å². The Kier molecular flexibility index (Phi) is 23.8. The molecular weight excluding hydrogens is 363 g/mol. The van der Waals surface area contributed by atoms with E-state index < -0.39 is 6.16 Å². The summed E-state index contributed by atoms with van der Waals surface area (Å²) in [6.45, 7) is 9.18. The van der Waals surface area contributed by atoms with Crippen molar-refractivity contribution in [3.8, 4) is 0 Å². The van der Waals surface area contributed by atoms with Gasteiger partial charge in [0.05, 0.1) is 13.2 Å². The molecule has 0 fully saturated rings. The third-order valence-electron chi connectivity index (χ3n) is 2.25. The number of hydrogen-bond donors (Lipinski definition) is 0. The minimum absolute atomic E-state index is 0.149. The second-order valence-electron chi connectivity index (χ2n) is 4.46. The summed E-state index contributed by atoms with van der Waals surface area (Å²) in [5.41, 5.74) is 0. The van der Waals surface area contributed by atoms with E-state index in [-0.39, 0.29) is 21.1 Å². The Labute approximate surface area is 135 Å². The fourth-order valence-electron chi connectivity index (χ4n) is 1.11. The van der Waals surface area contributed by atoms with E-state index in [1.165, 1.54) is 25.7 Å². The molecule has 0 rings (SSSR count). The summed E-state index contributed by atoms with van der Waals surface area (Å²) in [7, 11) is 0. The van der Waals surface area contributed by atoms with E-state index in [0.29, 0.717) is 13.2 Å². The van der Waals surface area contributed by atoms with Gasteiger partial charge in [0.1, 0.15) is 0 Å². The molecule has 0 saturated carbocycles. The van der Waals surface area contributed by atoms with Crippen molar-refractivity contribution >= 4 is 27.3 Å². The molecule has 0 aromatic rings. The molecule has 0 atom stereocenters. The van der Waals surface area contributed by atoms with Crippen molar-refractivity contribution in [2.24, 2.45) is 0 Å². The van der Waals surface area contributed by atoms with Crippen LogP contribution in [-0.2, 0) is 14.5 Å². The first-order valence-corrected chi connectivity index (χ1v) is 11.9. The molecule has 4 nitrogen and oxygen atoms in total. The van der Waals surface area contributed by atoms with Gasteiger partial charge in [0.15, 0.2) is 0 Å². The van der Waals surface area contributed by atoms with Crippen LogP contribution in [0, 0.1) is 0 Å². The van der Waals surface area contributed by atoms with E-state index in [4.69, 9.17) is 0 Å². The molecule has 0 aliphatic carbocycles. The van der Waals surface area contributed by atoms with Gasteiger partial charge in [-0.25, -0.2) is 4.79 Å². The van der Waals surface area contributed by atoms with Crippen molar-refractivity contribution in [3.63, 3.8) is 0 Å². The fraction of sp³-hybridized carbons (Fsp3) is 0.933. The monoisotopic (exact) mass is 396 g/mol. The SMILES string of the molecule is CCCOOC(=O)OCCC.CCC[CH2][Sn][CH2]CCC. The van der Waals surface area contributed by atoms with Crippen LogP contribution in [0.5, 0.6) is 0 Å². The summed E-state index contributed by atoms with van der Waals surface area (Å²) >= 11 is 0.149. The second-order valence-corrected chi connectivity index (χ2v) is 8.74. The Morgan fingerprint density at radius 2 is 1.40 bits per heavy atom. The Morgan fingerprint density at radius 1 is 0.850 bits per heavy atom. The minimum atomic E-state index is -0.764. The first-order valence-electron chi connectivity index (χ1n) is 7.89. The zero-order chi connectivity index (χ0) is 15.5. The maximum atomic E-state index is 10.5. The fourth-order valence-corrected chi connectivity index (χ4v) is 5.27. The van der Waals surface area contributed by atoms with Gasteiger partial charge in [-0.3, -0.25) is 4.89 Å². The van der Waals surface area contributed by atoms with Crippen LogP contribution in [-0.4, -0.2) is 40.5 Å². The molecule has 0 spiro atoms. The van der Waals surface area contributed by atoms with Crippen LogP contribution in [0.3, 0.4) is 0 Å². The van der Waals surface area contributed by atoms with Crippen molar-refractivity contribution in [1.82, 2.24) is 0 Å². The summed E-state index contributed by atoms with van der Waals surface area (Å²) in [6, 6.07) is 0. The quantitative estimate of drug-likeness (QED) is 0.162. The molecule has 0 heterocycles. The van der Waals surface area contributed by atoms with E-state index in [1.807, 2.05) is 13.8 Å². The van der Waals surface area contributed by atoms with E-state index in [0.717, 1.165) is 12.8 Å². The molecule has 0 aromatic heterocycles. The topological polar surface area (TPSA) is 44.8 Å². The molecular formula is C15H32O4Sn. The summed E-state index contributed by atoms with van der Waals surface area (Å²) < 4.78 is 7.80. The van der Waals surface area contributed by atoms with Crippen LogP contribution >= 0.6 is 0 Å². The van der Waals surface area contributed by atoms with E-state index in [9.17, 15) is 4.79 Å². The molecule has 0 bridgehead atoms. The molecule has 120 valence electrons. The first-order chi connectivity index (χ1) is 9.72. The molecule has 0 amide bonds. The molecule has 0 N–H and O–H groups in total. The molecule has 0 aliphatic heterocycles. The van der Waals surface area contributed by atoms with E-state index in [1.54, 1.807) is 8.87 Å². The van der Waals surface area contributed by atoms with Crippen LogP contribution in [0.4, 0.5) is 4.79 Å². The van der Waals surface area contributed by atoms with Gasteiger partial charge in [0.2, 0.25) is 0 Å². The average Bonchev–Trinajstić information content (AvgIpc) is 2.46. The van der Waals surface area contributed by atoms with Crippen molar-refractivity contribution in [1.29, 1.82) is 0 Å². The Bertz CT molecular complexity index is 183. The van der Waals surface area contributed by atoms with Gasteiger partial charge in [0.25, 0.3) is 0 Å². The summed E-state index contributed by atoms with van der Waals surface area (Å²) in [5, 5.41) is 0. The van der Waals surface area contributed by atoms with Crippen LogP contribution in [0.1, 0.15) is 66.2 Å². The maximum absolute atomic E-state index is 10.5. The number of unbranched alkanes of at least 4 members (excludes halogenated alkanes) is 2. The zero-order valence-corrected chi connectivity index (χ0v) is 16.6. The van der Waals surface area contributed by atoms with Gasteiger partial charge < -0.3 is 4.74 Å². The molecule has 0 saturated heterocycles. The number of rotatable bonds is 11. The standard InChI is InChI=1S/C7H14O4.2C4H9.Sn/c1-3-5-9-7(8)11-10-6-4-2;2*1-3-4-2;/h3-6H2,1-2H3;2*1,3-4H2,2H3;. The Morgan fingerprint density at radius 3 is 1.85 bits per heavy atom. The van der Waals surface area contributed by atoms with Crippen LogP contribution in [0.25, 0.3) is 0 Å². The van der Waals surface area contributed by atoms with Crippen molar-refractivity contribution in [3.05, 3.63) is 0 Å². The van der Waals surface area contributed by atoms with Crippen molar-refractivity contribution in [2.75, 3.05) is 13.2 Å². The van der Waals surface area contributed by atoms with Crippen molar-refractivity contribution in [2.45, 2.75) is 75.1 Å². The molecule has 0 aromatic carbocycles. The van der Waals surface area contributed by atoms with Gasteiger partial charge >= 0.3 is 75.7 Å². The predicted octanol–water partition coefficient (Wildman–Crippen LogP) is 5.02. The van der Waals surface area contributed by atoms with Crippen LogP contribution in [0.15, 0.2) is 0 Å². The van der Waals surface area contributed by atoms with Gasteiger partial charge in [-0.05, 0) is 12.8 Å². The summed E-state index contributed by atoms with van der Waals surface area (Å²) in [4.78, 5) is 19.2. The van der Waals surface area contributed by atoms with Gasteiger partial charge in [-0.2, -0.15) is 4.89 Å². The normalized spacial score (nSPS) is 9.60. The van der Waals surface area contributed by atoms with Gasteiger partial charge in [0, 0.05) is 0 Å². The summed E-state index contributed by atoms with van der Waals surface area (Å²) in [6.07, 6.45) is 6.66. The predicted molar refractivity (Wildman–Crippen MR) is 84.2 cm³/mol. The molecule has 5 heteroatoms. The number of carbonyl (C=O) groups excluding carboxylic acids is 1. The third-order valence-corrected chi connectivity index (χ3v) is 6.29. The Hall–Kier alpha value is 0.0287. The molecule has 2 radical (unpaired) electrons. The average molecular weight is 395 g/mol. The first kappa shape index (κ1) is 22.3. The number of hydrogen-bond acceptors (Lipinski definition) is 4. The number of carbonyl (C=O) groups is 1. The number of ether oxygens (including phenoxy) is 1. The van der Waals surface area contributed by atoms with Gasteiger partial charge in [-0.1, -0.05) is 13.8 Å². The second kappa shape index (κ2) is 21.3. The molecule has 0 unspecified atom stereocenters. The van der Waals surface area contributed by atoms with Gasteiger partial charge in [-0.15, -0.1) is 0 Å². The van der Waals surface area contributed by atoms with E-state index in [2.05, 4.69) is 28.4 Å². The zero-order valence-electron chi connectivity index (χ0n) is 13.7.